The van der Waals surface area contributed by atoms with Crippen molar-refractivity contribution in [3.63, 3.8) is 0 Å². The number of esters is 1. The highest BCUT2D eigenvalue weighted by Gasteiger charge is 2.27. The Labute approximate surface area is 185 Å². The summed E-state index contributed by atoms with van der Waals surface area (Å²) in [5.74, 6) is -1.62. The summed E-state index contributed by atoms with van der Waals surface area (Å²) in [5, 5.41) is 14.2. The van der Waals surface area contributed by atoms with E-state index in [0.29, 0.717) is 24.2 Å². The summed E-state index contributed by atoms with van der Waals surface area (Å²) in [5.41, 5.74) is 0.341. The molecule has 3 aromatic carbocycles. The highest BCUT2D eigenvalue weighted by molar-refractivity contribution is 7.89. The third-order valence-electron chi connectivity index (χ3n) is 5.30. The van der Waals surface area contributed by atoms with E-state index in [4.69, 9.17) is 4.74 Å². The first kappa shape index (κ1) is 21.8. The Balaban J connectivity index is 1.36. The molecule has 0 aromatic heterocycles. The summed E-state index contributed by atoms with van der Waals surface area (Å²) in [6, 6.07) is 16.0. The number of benzene rings is 3. The number of aromatic hydroxyl groups is 1. The number of nitrogens with zero attached hydrogens (tertiary/aromatic N) is 1. The summed E-state index contributed by atoms with van der Waals surface area (Å²) in [7, 11) is -3.53. The van der Waals surface area contributed by atoms with E-state index in [0.717, 1.165) is 18.2 Å². The Hall–Kier alpha value is -3.43. The van der Waals surface area contributed by atoms with Crippen LogP contribution in [0.5, 0.6) is 5.75 Å². The van der Waals surface area contributed by atoms with Crippen LogP contribution >= 0.6 is 0 Å². The van der Waals surface area contributed by atoms with Crippen LogP contribution in [-0.4, -0.2) is 49.4 Å². The van der Waals surface area contributed by atoms with Crippen LogP contribution < -0.4 is 5.32 Å². The Morgan fingerprint density at radius 3 is 2.38 bits per heavy atom. The molecule has 4 rings (SSSR count). The lowest BCUT2D eigenvalue weighted by atomic mass is 10.1. The van der Waals surface area contributed by atoms with Gasteiger partial charge >= 0.3 is 5.97 Å². The molecule has 2 N–H and O–H groups in total. The molecule has 1 saturated heterocycles. The van der Waals surface area contributed by atoms with E-state index in [-0.39, 0.29) is 16.2 Å². The molecule has 3 aromatic rings. The molecule has 0 atom stereocenters. The molecule has 1 heterocycles. The second-order valence-electron chi connectivity index (χ2n) is 7.44. The van der Waals surface area contributed by atoms with Gasteiger partial charge in [0.1, 0.15) is 11.3 Å². The van der Waals surface area contributed by atoms with Crippen molar-refractivity contribution in [1.29, 1.82) is 0 Å². The molecule has 1 aliphatic heterocycles. The Morgan fingerprint density at radius 1 is 0.969 bits per heavy atom. The molecule has 8 nitrogen and oxygen atoms in total. The number of ether oxygens (including phenoxy) is 1. The normalized spacial score (nSPS) is 14.4. The Kier molecular flexibility index (Phi) is 6.11. The lowest BCUT2D eigenvalue weighted by molar-refractivity contribution is -0.119. The number of phenols is 1. The SMILES string of the molecule is O=C(COC(=O)c1ccc2ccccc2c1O)Nc1ccc(S(=O)(=O)N2CCCC2)cc1. The lowest BCUT2D eigenvalue weighted by Crippen LogP contribution is -2.27. The standard InChI is InChI=1S/C23H22N2O6S/c26-21(15-31-23(28)20-12-7-16-5-1-2-6-19(16)22(20)27)24-17-8-10-18(11-9-17)32(29,30)25-13-3-4-14-25/h1-2,5-12,27H,3-4,13-15H2,(H,24,26). The van der Waals surface area contributed by atoms with Gasteiger partial charge in [0.05, 0.1) is 4.90 Å². The van der Waals surface area contributed by atoms with Gasteiger partial charge in [0.15, 0.2) is 6.61 Å². The predicted molar refractivity (Wildman–Crippen MR) is 119 cm³/mol. The summed E-state index contributed by atoms with van der Waals surface area (Å²) in [6.07, 6.45) is 1.70. The van der Waals surface area contributed by atoms with Crippen molar-refractivity contribution in [2.24, 2.45) is 0 Å². The molecular formula is C23H22N2O6S. The number of fused-ring (bicyclic) bond motifs is 1. The number of hydrogen-bond acceptors (Lipinski definition) is 6. The largest absolute Gasteiger partial charge is 0.506 e. The first-order valence-electron chi connectivity index (χ1n) is 10.1. The summed E-state index contributed by atoms with van der Waals surface area (Å²) in [4.78, 5) is 24.6. The van der Waals surface area contributed by atoms with Crippen LogP contribution in [0.2, 0.25) is 0 Å². The number of amides is 1. The van der Waals surface area contributed by atoms with Gasteiger partial charge in [-0.05, 0) is 48.6 Å². The monoisotopic (exact) mass is 454 g/mol. The van der Waals surface area contributed by atoms with Crippen LogP contribution in [-0.2, 0) is 19.6 Å². The third kappa shape index (κ3) is 4.44. The number of carbonyl (C=O) groups excluding carboxylic acids is 2. The van der Waals surface area contributed by atoms with Crippen molar-refractivity contribution < 1.29 is 27.9 Å². The molecule has 0 radical (unpaired) electrons. The average molecular weight is 455 g/mol. The van der Waals surface area contributed by atoms with E-state index in [1.54, 1.807) is 24.3 Å². The topological polar surface area (TPSA) is 113 Å². The highest BCUT2D eigenvalue weighted by atomic mass is 32.2. The van der Waals surface area contributed by atoms with Crippen molar-refractivity contribution in [3.05, 3.63) is 66.2 Å². The zero-order chi connectivity index (χ0) is 22.7. The summed E-state index contributed by atoms with van der Waals surface area (Å²) >= 11 is 0. The van der Waals surface area contributed by atoms with E-state index >= 15 is 0 Å². The average Bonchev–Trinajstić information content (AvgIpc) is 3.34. The zero-order valence-corrected chi connectivity index (χ0v) is 18.0. The molecule has 1 aliphatic rings. The van der Waals surface area contributed by atoms with Crippen LogP contribution in [0.3, 0.4) is 0 Å². The number of nitrogens with one attached hydrogen (secondary N) is 1. The lowest BCUT2D eigenvalue weighted by Gasteiger charge is -2.15. The molecule has 0 spiro atoms. The minimum absolute atomic E-state index is 0.0343. The van der Waals surface area contributed by atoms with E-state index in [9.17, 15) is 23.1 Å². The molecule has 1 fully saturated rings. The van der Waals surface area contributed by atoms with Gasteiger partial charge in [-0.1, -0.05) is 30.3 Å². The maximum Gasteiger partial charge on any atom is 0.342 e. The van der Waals surface area contributed by atoms with Gasteiger partial charge in [-0.15, -0.1) is 0 Å². The minimum atomic E-state index is -3.53. The van der Waals surface area contributed by atoms with E-state index in [1.807, 2.05) is 6.07 Å². The van der Waals surface area contributed by atoms with Crippen LogP contribution in [0.25, 0.3) is 10.8 Å². The fourth-order valence-corrected chi connectivity index (χ4v) is 5.13. The number of anilines is 1. The molecule has 0 saturated carbocycles. The van der Waals surface area contributed by atoms with Crippen molar-refractivity contribution in [2.45, 2.75) is 17.7 Å². The van der Waals surface area contributed by atoms with Crippen molar-refractivity contribution in [2.75, 3.05) is 25.0 Å². The molecule has 1 amide bonds. The van der Waals surface area contributed by atoms with Crippen LogP contribution in [0, 0.1) is 0 Å². The highest BCUT2D eigenvalue weighted by Crippen LogP contribution is 2.29. The predicted octanol–water partition coefficient (Wildman–Crippen LogP) is 3.13. The van der Waals surface area contributed by atoms with Crippen molar-refractivity contribution in [1.82, 2.24) is 4.31 Å². The van der Waals surface area contributed by atoms with E-state index in [1.165, 1.54) is 34.6 Å². The molecule has 9 heteroatoms. The molecular weight excluding hydrogens is 432 g/mol. The Bertz CT molecular complexity index is 1270. The number of carbonyl (C=O) groups is 2. The molecule has 0 bridgehead atoms. The summed E-state index contributed by atoms with van der Waals surface area (Å²) < 4.78 is 31.6. The third-order valence-corrected chi connectivity index (χ3v) is 7.21. The van der Waals surface area contributed by atoms with Gasteiger partial charge in [-0.3, -0.25) is 4.79 Å². The quantitative estimate of drug-likeness (QED) is 0.554. The smallest absolute Gasteiger partial charge is 0.342 e. The first-order valence-corrected chi connectivity index (χ1v) is 11.6. The molecule has 166 valence electrons. The second-order valence-corrected chi connectivity index (χ2v) is 9.38. The fraction of sp³-hybridized carbons (Fsp3) is 0.217. The maximum absolute atomic E-state index is 12.6. The van der Waals surface area contributed by atoms with Crippen molar-refractivity contribution >= 4 is 38.4 Å². The van der Waals surface area contributed by atoms with E-state index < -0.39 is 28.5 Å². The van der Waals surface area contributed by atoms with Gasteiger partial charge in [0, 0.05) is 24.2 Å². The summed E-state index contributed by atoms with van der Waals surface area (Å²) in [6.45, 7) is 0.469. The molecule has 0 unspecified atom stereocenters. The van der Waals surface area contributed by atoms with Gasteiger partial charge in [-0.25, -0.2) is 13.2 Å². The van der Waals surface area contributed by atoms with Crippen LogP contribution in [0.4, 0.5) is 5.69 Å². The van der Waals surface area contributed by atoms with Gasteiger partial charge in [0.2, 0.25) is 10.0 Å². The molecule has 32 heavy (non-hydrogen) atoms. The van der Waals surface area contributed by atoms with Crippen LogP contribution in [0.15, 0.2) is 65.6 Å². The number of phenolic OH excluding ortho intramolecular Hbond substituents is 1. The number of hydrogen-bond donors (Lipinski definition) is 2. The van der Waals surface area contributed by atoms with Crippen LogP contribution in [0.1, 0.15) is 23.2 Å². The van der Waals surface area contributed by atoms with E-state index in [2.05, 4.69) is 5.32 Å². The second kappa shape index (κ2) is 8.97. The number of sulfonamides is 1. The van der Waals surface area contributed by atoms with Gasteiger partial charge in [-0.2, -0.15) is 4.31 Å². The zero-order valence-electron chi connectivity index (χ0n) is 17.2. The maximum atomic E-state index is 12.6. The van der Waals surface area contributed by atoms with Gasteiger partial charge in [0.25, 0.3) is 5.91 Å². The number of rotatable bonds is 6. The Morgan fingerprint density at radius 2 is 1.66 bits per heavy atom. The van der Waals surface area contributed by atoms with Crippen molar-refractivity contribution in [3.8, 4) is 5.75 Å². The van der Waals surface area contributed by atoms with Gasteiger partial charge < -0.3 is 15.2 Å². The first-order chi connectivity index (χ1) is 15.4. The molecule has 0 aliphatic carbocycles. The minimum Gasteiger partial charge on any atom is -0.506 e. The fourth-order valence-electron chi connectivity index (χ4n) is 3.61.